The molecule has 0 spiro atoms. The van der Waals surface area contributed by atoms with Gasteiger partial charge >= 0.3 is 5.97 Å². The molecule has 0 aliphatic carbocycles. The van der Waals surface area contributed by atoms with Crippen LogP contribution in [0.2, 0.25) is 0 Å². The van der Waals surface area contributed by atoms with E-state index in [1.165, 1.54) is 11.3 Å². The summed E-state index contributed by atoms with van der Waals surface area (Å²) >= 11 is 1.32. The maximum Gasteiger partial charge on any atom is 0.329 e. The number of nitrogens with zero attached hydrogens (tertiary/aromatic N) is 1. The predicted octanol–water partition coefficient (Wildman–Crippen LogP) is 3.48. The van der Waals surface area contributed by atoms with Gasteiger partial charge in [0.05, 0.1) is 4.88 Å². The normalized spacial score (nSPS) is 14.7. The van der Waals surface area contributed by atoms with Crippen molar-refractivity contribution in [3.8, 4) is 0 Å². The summed E-state index contributed by atoms with van der Waals surface area (Å²) in [5, 5.41) is 4.57. The van der Waals surface area contributed by atoms with Crippen LogP contribution in [0.5, 0.6) is 0 Å². The number of nitrogens with one attached hydrogen (secondary N) is 1. The number of likely N-dealkylation sites (tertiary alicyclic amines) is 1. The lowest BCUT2D eigenvalue weighted by molar-refractivity contribution is -0.148. The lowest BCUT2D eigenvalue weighted by Crippen LogP contribution is -2.45. The number of ether oxygens (including phenoxy) is 1. The van der Waals surface area contributed by atoms with Crippen LogP contribution in [0.1, 0.15) is 52.3 Å². The van der Waals surface area contributed by atoms with Gasteiger partial charge in [-0.15, -0.1) is 11.3 Å². The van der Waals surface area contributed by atoms with Crippen LogP contribution >= 0.6 is 11.3 Å². The maximum atomic E-state index is 12.5. The Morgan fingerprint density at radius 1 is 1.10 bits per heavy atom. The molecule has 1 fully saturated rings. The van der Waals surface area contributed by atoms with E-state index in [1.807, 2.05) is 24.1 Å². The Labute approximate surface area is 174 Å². The van der Waals surface area contributed by atoms with Crippen molar-refractivity contribution < 1.29 is 19.1 Å². The molecule has 0 bridgehead atoms. The Morgan fingerprint density at radius 2 is 1.79 bits per heavy atom. The molecule has 3 rings (SSSR count). The summed E-state index contributed by atoms with van der Waals surface area (Å²) in [5.74, 6) is -0.809. The monoisotopic (exact) mass is 414 g/mol. The van der Waals surface area contributed by atoms with E-state index in [9.17, 15) is 14.4 Å². The highest BCUT2D eigenvalue weighted by atomic mass is 32.1. The predicted molar refractivity (Wildman–Crippen MR) is 112 cm³/mol. The highest BCUT2D eigenvalue weighted by Gasteiger charge is 2.26. The topological polar surface area (TPSA) is 75.7 Å². The molecule has 29 heavy (non-hydrogen) atoms. The van der Waals surface area contributed by atoms with Crippen LogP contribution in [0, 0.1) is 5.92 Å². The van der Waals surface area contributed by atoms with E-state index in [2.05, 4.69) is 5.32 Å². The second kappa shape index (κ2) is 9.69. The van der Waals surface area contributed by atoms with Crippen molar-refractivity contribution in [2.45, 2.75) is 39.3 Å². The summed E-state index contributed by atoms with van der Waals surface area (Å²) in [6.45, 7) is 5.44. The van der Waals surface area contributed by atoms with Gasteiger partial charge in [-0.3, -0.25) is 9.59 Å². The zero-order valence-electron chi connectivity index (χ0n) is 16.7. The molecule has 7 heteroatoms. The molecule has 2 amide bonds. The second-order valence-electron chi connectivity index (χ2n) is 7.48. The van der Waals surface area contributed by atoms with E-state index >= 15 is 0 Å². The van der Waals surface area contributed by atoms with E-state index in [-0.39, 0.29) is 24.3 Å². The van der Waals surface area contributed by atoms with Crippen LogP contribution in [0.15, 0.2) is 41.8 Å². The van der Waals surface area contributed by atoms with Crippen molar-refractivity contribution in [3.05, 3.63) is 57.8 Å². The van der Waals surface area contributed by atoms with Gasteiger partial charge in [-0.25, -0.2) is 4.79 Å². The quantitative estimate of drug-likeness (QED) is 0.704. The average molecular weight is 415 g/mol. The Balaban J connectivity index is 1.55. The number of thiophene rings is 1. The number of hydrogen-bond donors (Lipinski definition) is 1. The SMILES string of the molecule is CC(C)C(NC(=O)c1cccs1)C(=O)OCc1ccc(C(=O)N2CCCC2)cc1. The van der Waals surface area contributed by atoms with Crippen molar-refractivity contribution in [2.24, 2.45) is 5.92 Å². The van der Waals surface area contributed by atoms with E-state index in [1.54, 1.807) is 36.4 Å². The molecule has 1 saturated heterocycles. The van der Waals surface area contributed by atoms with Gasteiger partial charge in [0.2, 0.25) is 0 Å². The summed E-state index contributed by atoms with van der Waals surface area (Å²) in [7, 11) is 0. The van der Waals surface area contributed by atoms with Gasteiger partial charge in [0, 0.05) is 18.7 Å². The Hall–Kier alpha value is -2.67. The third kappa shape index (κ3) is 5.44. The average Bonchev–Trinajstić information content (AvgIpc) is 3.44. The van der Waals surface area contributed by atoms with Crippen LogP contribution in [0.4, 0.5) is 0 Å². The van der Waals surface area contributed by atoms with Gasteiger partial charge in [0.25, 0.3) is 11.8 Å². The molecule has 1 aliphatic heterocycles. The Kier molecular flexibility index (Phi) is 7.04. The number of hydrogen-bond acceptors (Lipinski definition) is 5. The largest absolute Gasteiger partial charge is 0.459 e. The smallest absolute Gasteiger partial charge is 0.329 e. The first-order valence-electron chi connectivity index (χ1n) is 9.85. The van der Waals surface area contributed by atoms with E-state index in [0.29, 0.717) is 10.4 Å². The molecule has 1 aliphatic rings. The molecular formula is C22H26N2O4S. The van der Waals surface area contributed by atoms with Gasteiger partial charge in [-0.05, 0) is 47.9 Å². The number of benzene rings is 1. The second-order valence-corrected chi connectivity index (χ2v) is 8.42. The van der Waals surface area contributed by atoms with Crippen LogP contribution in [-0.2, 0) is 16.1 Å². The molecule has 0 saturated carbocycles. The summed E-state index contributed by atoms with van der Waals surface area (Å²) in [4.78, 5) is 39.6. The maximum absolute atomic E-state index is 12.5. The van der Waals surface area contributed by atoms with Gasteiger partial charge in [-0.1, -0.05) is 32.0 Å². The van der Waals surface area contributed by atoms with E-state index in [0.717, 1.165) is 31.5 Å². The molecule has 1 unspecified atom stereocenters. The minimum atomic E-state index is -0.722. The first-order valence-corrected chi connectivity index (χ1v) is 10.7. The molecule has 154 valence electrons. The molecule has 0 radical (unpaired) electrons. The van der Waals surface area contributed by atoms with Gasteiger partial charge in [0.1, 0.15) is 12.6 Å². The van der Waals surface area contributed by atoms with Crippen LogP contribution in [0.25, 0.3) is 0 Å². The van der Waals surface area contributed by atoms with Crippen LogP contribution < -0.4 is 5.32 Å². The van der Waals surface area contributed by atoms with Crippen molar-refractivity contribution in [1.29, 1.82) is 0 Å². The van der Waals surface area contributed by atoms with Crippen LogP contribution in [0.3, 0.4) is 0 Å². The molecular weight excluding hydrogens is 388 g/mol. The highest BCUT2D eigenvalue weighted by molar-refractivity contribution is 7.12. The first-order chi connectivity index (χ1) is 14.0. The Bertz CT molecular complexity index is 840. The third-order valence-electron chi connectivity index (χ3n) is 4.93. The molecule has 1 N–H and O–H groups in total. The fourth-order valence-corrected chi connectivity index (χ4v) is 3.84. The third-order valence-corrected chi connectivity index (χ3v) is 5.80. The van der Waals surface area contributed by atoms with Crippen molar-refractivity contribution in [1.82, 2.24) is 10.2 Å². The summed E-state index contributed by atoms with van der Waals surface area (Å²) in [6.07, 6.45) is 2.11. The minimum absolute atomic E-state index is 0.0437. The fourth-order valence-electron chi connectivity index (χ4n) is 3.21. The van der Waals surface area contributed by atoms with Crippen molar-refractivity contribution in [2.75, 3.05) is 13.1 Å². The zero-order chi connectivity index (χ0) is 20.8. The number of carbonyl (C=O) groups excluding carboxylic acids is 3. The molecule has 2 heterocycles. The zero-order valence-corrected chi connectivity index (χ0v) is 17.5. The summed E-state index contributed by atoms with van der Waals surface area (Å²) in [6, 6.07) is 9.91. The van der Waals surface area contributed by atoms with Crippen LogP contribution in [-0.4, -0.2) is 41.8 Å². The number of amides is 2. The molecule has 1 aromatic heterocycles. The van der Waals surface area contributed by atoms with Gasteiger partial charge in [-0.2, -0.15) is 0 Å². The van der Waals surface area contributed by atoms with Crippen molar-refractivity contribution >= 4 is 29.1 Å². The Morgan fingerprint density at radius 3 is 2.38 bits per heavy atom. The first kappa shape index (κ1) is 21.0. The van der Waals surface area contributed by atoms with Gasteiger partial charge in [0.15, 0.2) is 0 Å². The highest BCUT2D eigenvalue weighted by Crippen LogP contribution is 2.15. The standard InChI is InChI=1S/C22H26N2O4S/c1-15(2)19(23-20(25)18-6-5-13-29-18)22(27)28-14-16-7-9-17(10-8-16)21(26)24-11-3-4-12-24/h5-10,13,15,19H,3-4,11-12,14H2,1-2H3,(H,23,25). The van der Waals surface area contributed by atoms with Gasteiger partial charge < -0.3 is 15.0 Å². The number of rotatable bonds is 7. The lowest BCUT2D eigenvalue weighted by atomic mass is 10.0. The molecule has 1 atom stereocenters. The molecule has 1 aromatic carbocycles. The minimum Gasteiger partial charge on any atom is -0.459 e. The number of carbonyl (C=O) groups is 3. The summed E-state index contributed by atoms with van der Waals surface area (Å²) in [5.41, 5.74) is 1.44. The van der Waals surface area contributed by atoms with E-state index in [4.69, 9.17) is 4.74 Å². The van der Waals surface area contributed by atoms with E-state index < -0.39 is 12.0 Å². The fraction of sp³-hybridized carbons (Fsp3) is 0.409. The molecule has 6 nitrogen and oxygen atoms in total. The number of esters is 1. The lowest BCUT2D eigenvalue weighted by Gasteiger charge is -2.20. The summed E-state index contributed by atoms with van der Waals surface area (Å²) < 4.78 is 5.42. The molecule has 2 aromatic rings. The van der Waals surface area contributed by atoms with Crippen molar-refractivity contribution in [3.63, 3.8) is 0 Å².